The van der Waals surface area contributed by atoms with E-state index in [1.165, 1.54) is 0 Å². The average molecular weight is 205 g/mol. The summed E-state index contributed by atoms with van der Waals surface area (Å²) in [6.07, 6.45) is 1.93. The Morgan fingerprint density at radius 2 is 2.40 bits per heavy atom. The fourth-order valence-electron chi connectivity index (χ4n) is 1.75. The fourth-order valence-corrected chi connectivity index (χ4v) is 1.75. The van der Waals surface area contributed by atoms with Crippen molar-refractivity contribution < 1.29 is 9.53 Å². The van der Waals surface area contributed by atoms with E-state index < -0.39 is 0 Å². The Balaban J connectivity index is 1.99. The van der Waals surface area contributed by atoms with Gasteiger partial charge in [-0.25, -0.2) is 4.79 Å². The van der Waals surface area contributed by atoms with E-state index in [-0.39, 0.29) is 12.0 Å². The molecule has 1 aromatic rings. The number of benzene rings is 1. The number of aryl methyl sites for hydroxylation is 1. The van der Waals surface area contributed by atoms with Gasteiger partial charge in [0.05, 0.1) is 0 Å². The summed E-state index contributed by atoms with van der Waals surface area (Å²) < 4.78 is 5.28. The Kier molecular flexibility index (Phi) is 3.02. The van der Waals surface area contributed by atoms with E-state index in [2.05, 4.69) is 5.32 Å². The number of carbonyl (C=O) groups is 1. The lowest BCUT2D eigenvalue weighted by atomic mass is 10.2. The molecule has 0 radical (unpaired) electrons. The van der Waals surface area contributed by atoms with E-state index in [4.69, 9.17) is 4.74 Å². The molecular weight excluding hydrogens is 190 g/mol. The number of carbonyl (C=O) groups excluding carboxylic acids is 1. The molecule has 2 rings (SSSR count). The van der Waals surface area contributed by atoms with Gasteiger partial charge in [-0.3, -0.25) is 0 Å². The first-order valence-corrected chi connectivity index (χ1v) is 5.27. The normalized spacial score (nSPS) is 20.2. The average Bonchev–Trinajstić information content (AvgIpc) is 2.70. The Bertz CT molecular complexity index is 356. The molecule has 1 aliphatic rings. The molecule has 15 heavy (non-hydrogen) atoms. The zero-order chi connectivity index (χ0) is 10.7. The summed E-state index contributed by atoms with van der Waals surface area (Å²) in [6, 6.07) is 7.42. The lowest BCUT2D eigenvalue weighted by Gasteiger charge is -2.09. The molecular formula is C12H15NO2. The van der Waals surface area contributed by atoms with Crippen molar-refractivity contribution in [1.29, 1.82) is 0 Å². The summed E-state index contributed by atoms with van der Waals surface area (Å²) in [7, 11) is 0. The van der Waals surface area contributed by atoms with Crippen LogP contribution in [0.25, 0.3) is 0 Å². The molecule has 0 spiro atoms. The van der Waals surface area contributed by atoms with Gasteiger partial charge in [0, 0.05) is 0 Å². The minimum absolute atomic E-state index is 0.120. The molecule has 0 bridgehead atoms. The van der Waals surface area contributed by atoms with Crippen molar-refractivity contribution in [3.63, 3.8) is 0 Å². The molecule has 80 valence electrons. The minimum Gasteiger partial charge on any atom is -0.425 e. The van der Waals surface area contributed by atoms with Gasteiger partial charge in [-0.1, -0.05) is 12.1 Å². The summed E-state index contributed by atoms with van der Waals surface area (Å²) in [5.41, 5.74) is 1.10. The molecule has 1 saturated heterocycles. The number of ether oxygens (including phenoxy) is 1. The summed E-state index contributed by atoms with van der Waals surface area (Å²) >= 11 is 0. The molecule has 0 aliphatic carbocycles. The Labute approximate surface area is 89.4 Å². The summed E-state index contributed by atoms with van der Waals surface area (Å²) in [6.45, 7) is 2.89. The molecule has 3 heteroatoms. The van der Waals surface area contributed by atoms with Gasteiger partial charge in [0.15, 0.2) is 0 Å². The van der Waals surface area contributed by atoms with Crippen LogP contribution < -0.4 is 10.1 Å². The van der Waals surface area contributed by atoms with Crippen LogP contribution in [-0.4, -0.2) is 18.6 Å². The molecule has 1 fully saturated rings. The van der Waals surface area contributed by atoms with E-state index in [1.54, 1.807) is 6.07 Å². The maximum atomic E-state index is 11.6. The van der Waals surface area contributed by atoms with Crippen molar-refractivity contribution in [2.24, 2.45) is 0 Å². The van der Waals surface area contributed by atoms with E-state index in [1.807, 2.05) is 25.1 Å². The predicted octanol–water partition coefficient (Wildman–Crippen LogP) is 1.65. The van der Waals surface area contributed by atoms with Crippen LogP contribution in [0, 0.1) is 6.92 Å². The van der Waals surface area contributed by atoms with Gasteiger partial charge < -0.3 is 10.1 Å². The standard InChI is InChI=1S/C12H15NO2/c1-9-4-2-5-10(8-9)15-12(14)11-6-3-7-13-11/h2,4-5,8,11,13H,3,6-7H2,1H3. The zero-order valence-corrected chi connectivity index (χ0v) is 8.82. The molecule has 3 nitrogen and oxygen atoms in total. The van der Waals surface area contributed by atoms with E-state index in [0.29, 0.717) is 5.75 Å². The molecule has 0 aromatic heterocycles. The van der Waals surface area contributed by atoms with Crippen molar-refractivity contribution >= 4 is 5.97 Å². The third-order valence-electron chi connectivity index (χ3n) is 2.55. The fraction of sp³-hybridized carbons (Fsp3) is 0.417. The topological polar surface area (TPSA) is 38.3 Å². The van der Waals surface area contributed by atoms with E-state index in [0.717, 1.165) is 24.9 Å². The molecule has 0 saturated carbocycles. The third-order valence-corrected chi connectivity index (χ3v) is 2.55. The summed E-state index contributed by atoms with van der Waals surface area (Å²) in [4.78, 5) is 11.6. The van der Waals surface area contributed by atoms with Crippen molar-refractivity contribution in [3.8, 4) is 5.75 Å². The second-order valence-electron chi connectivity index (χ2n) is 3.89. The highest BCUT2D eigenvalue weighted by Gasteiger charge is 2.23. The van der Waals surface area contributed by atoms with Gasteiger partial charge >= 0.3 is 5.97 Å². The molecule has 1 atom stereocenters. The Morgan fingerprint density at radius 3 is 3.07 bits per heavy atom. The van der Waals surface area contributed by atoms with E-state index >= 15 is 0 Å². The minimum atomic E-state index is -0.168. The number of nitrogens with one attached hydrogen (secondary N) is 1. The second-order valence-corrected chi connectivity index (χ2v) is 3.89. The molecule has 0 amide bonds. The smallest absolute Gasteiger partial charge is 0.328 e. The number of rotatable bonds is 2. The van der Waals surface area contributed by atoms with Crippen molar-refractivity contribution in [2.45, 2.75) is 25.8 Å². The molecule has 1 aliphatic heterocycles. The largest absolute Gasteiger partial charge is 0.425 e. The first-order valence-electron chi connectivity index (χ1n) is 5.27. The quantitative estimate of drug-likeness (QED) is 0.589. The Hall–Kier alpha value is -1.35. The van der Waals surface area contributed by atoms with Gasteiger partial charge in [-0.2, -0.15) is 0 Å². The van der Waals surface area contributed by atoms with Crippen LogP contribution in [-0.2, 0) is 4.79 Å². The highest BCUT2D eigenvalue weighted by molar-refractivity contribution is 5.78. The number of hydrogen-bond donors (Lipinski definition) is 1. The first kappa shape index (κ1) is 10.2. The molecule has 1 aromatic carbocycles. The highest BCUT2D eigenvalue weighted by atomic mass is 16.5. The van der Waals surface area contributed by atoms with Gasteiger partial charge in [-0.15, -0.1) is 0 Å². The first-order chi connectivity index (χ1) is 7.25. The lowest BCUT2D eigenvalue weighted by molar-refractivity contribution is -0.136. The third kappa shape index (κ3) is 2.57. The maximum absolute atomic E-state index is 11.6. The summed E-state index contributed by atoms with van der Waals surface area (Å²) in [5.74, 6) is 0.465. The van der Waals surface area contributed by atoms with Crippen LogP contribution in [0.15, 0.2) is 24.3 Å². The van der Waals surface area contributed by atoms with Gasteiger partial charge in [0.2, 0.25) is 0 Å². The van der Waals surface area contributed by atoms with Crippen molar-refractivity contribution in [2.75, 3.05) is 6.54 Å². The van der Waals surface area contributed by atoms with Crippen LogP contribution in [0.1, 0.15) is 18.4 Å². The van der Waals surface area contributed by atoms with Gasteiger partial charge in [0.1, 0.15) is 11.8 Å². The lowest BCUT2D eigenvalue weighted by Crippen LogP contribution is -2.34. The number of esters is 1. The SMILES string of the molecule is Cc1cccc(OC(=O)C2CCCN2)c1. The molecule has 1 unspecified atom stereocenters. The van der Waals surface area contributed by atoms with Crippen LogP contribution in [0.2, 0.25) is 0 Å². The van der Waals surface area contributed by atoms with E-state index in [9.17, 15) is 4.79 Å². The van der Waals surface area contributed by atoms with Gasteiger partial charge in [-0.05, 0) is 44.0 Å². The second kappa shape index (κ2) is 4.45. The maximum Gasteiger partial charge on any atom is 0.328 e. The zero-order valence-electron chi connectivity index (χ0n) is 8.82. The number of hydrogen-bond acceptors (Lipinski definition) is 3. The van der Waals surface area contributed by atoms with Crippen LogP contribution in [0.4, 0.5) is 0 Å². The summed E-state index contributed by atoms with van der Waals surface area (Å²) in [5, 5.41) is 3.12. The van der Waals surface area contributed by atoms with Crippen molar-refractivity contribution in [1.82, 2.24) is 5.32 Å². The Morgan fingerprint density at radius 1 is 1.53 bits per heavy atom. The van der Waals surface area contributed by atoms with Crippen LogP contribution in [0.3, 0.4) is 0 Å². The predicted molar refractivity (Wildman–Crippen MR) is 57.8 cm³/mol. The van der Waals surface area contributed by atoms with Crippen LogP contribution >= 0.6 is 0 Å². The van der Waals surface area contributed by atoms with Crippen molar-refractivity contribution in [3.05, 3.63) is 29.8 Å². The monoisotopic (exact) mass is 205 g/mol. The molecule has 1 heterocycles. The highest BCUT2D eigenvalue weighted by Crippen LogP contribution is 2.15. The van der Waals surface area contributed by atoms with Crippen LogP contribution in [0.5, 0.6) is 5.75 Å². The van der Waals surface area contributed by atoms with Gasteiger partial charge in [0.25, 0.3) is 0 Å². The molecule has 1 N–H and O–H groups in total.